The van der Waals surface area contributed by atoms with E-state index in [2.05, 4.69) is 21.6 Å². The molecule has 1 aliphatic heterocycles. The second-order valence-corrected chi connectivity index (χ2v) is 5.32. The molecule has 20 heavy (non-hydrogen) atoms. The van der Waals surface area contributed by atoms with Crippen molar-refractivity contribution in [3.8, 4) is 5.75 Å². The molecule has 0 bridgehead atoms. The summed E-state index contributed by atoms with van der Waals surface area (Å²) < 4.78 is 5.67. The molecule has 0 amide bonds. The molecule has 2 heterocycles. The highest BCUT2D eigenvalue weighted by Crippen LogP contribution is 2.34. The lowest BCUT2D eigenvalue weighted by atomic mass is 10.0. The van der Waals surface area contributed by atoms with Gasteiger partial charge in [-0.1, -0.05) is 29.8 Å². The van der Waals surface area contributed by atoms with Crippen molar-refractivity contribution in [2.45, 2.75) is 26.3 Å². The van der Waals surface area contributed by atoms with Gasteiger partial charge >= 0.3 is 0 Å². The van der Waals surface area contributed by atoms with E-state index in [1.807, 2.05) is 32.0 Å². The van der Waals surface area contributed by atoms with E-state index in [0.717, 1.165) is 34.7 Å². The molecule has 1 aromatic carbocycles. The number of para-hydroxylation sites is 1. The Balaban J connectivity index is 1.92. The Morgan fingerprint density at radius 2 is 2.00 bits per heavy atom. The van der Waals surface area contributed by atoms with Crippen LogP contribution in [0.5, 0.6) is 5.75 Å². The summed E-state index contributed by atoms with van der Waals surface area (Å²) in [5, 5.41) is 12.1. The topological polar surface area (TPSA) is 47.0 Å². The molecule has 2 aromatic rings. The van der Waals surface area contributed by atoms with Crippen molar-refractivity contribution in [3.63, 3.8) is 0 Å². The summed E-state index contributed by atoms with van der Waals surface area (Å²) in [6.07, 6.45) is 0.903. The van der Waals surface area contributed by atoms with E-state index in [1.165, 1.54) is 0 Å². The lowest BCUT2D eigenvalue weighted by molar-refractivity contribution is 0.274. The highest BCUT2D eigenvalue weighted by Gasteiger charge is 2.22. The largest absolute Gasteiger partial charge is 0.493 e. The lowest BCUT2D eigenvalue weighted by Gasteiger charge is -2.27. The monoisotopic (exact) mass is 289 g/mol. The summed E-state index contributed by atoms with van der Waals surface area (Å²) in [6, 6.07) is 8.27. The summed E-state index contributed by atoms with van der Waals surface area (Å²) in [5.41, 5.74) is 3.16. The number of hydrogen-bond donors (Lipinski definition) is 1. The Morgan fingerprint density at radius 1 is 1.20 bits per heavy atom. The summed E-state index contributed by atoms with van der Waals surface area (Å²) in [6.45, 7) is 4.66. The zero-order chi connectivity index (χ0) is 14.1. The van der Waals surface area contributed by atoms with Gasteiger partial charge in [0.1, 0.15) is 5.75 Å². The maximum absolute atomic E-state index is 5.99. The van der Waals surface area contributed by atoms with Crippen LogP contribution in [0, 0.1) is 13.8 Å². The molecule has 1 unspecified atom stereocenters. The fraction of sp³-hybridized carbons (Fsp3) is 0.333. The molecule has 3 rings (SSSR count). The van der Waals surface area contributed by atoms with E-state index < -0.39 is 0 Å². The van der Waals surface area contributed by atoms with Crippen molar-refractivity contribution in [2.24, 2.45) is 0 Å². The first-order chi connectivity index (χ1) is 9.66. The van der Waals surface area contributed by atoms with Crippen molar-refractivity contribution >= 4 is 17.4 Å². The SMILES string of the molecule is Cc1c(Cl)nnc(NC2CCOc3ccccc32)c1C. The van der Waals surface area contributed by atoms with Crippen LogP contribution in [0.15, 0.2) is 24.3 Å². The molecule has 0 fully saturated rings. The van der Waals surface area contributed by atoms with Gasteiger partial charge in [-0.05, 0) is 31.0 Å². The molecule has 0 aliphatic carbocycles. The first-order valence-electron chi connectivity index (χ1n) is 6.64. The summed E-state index contributed by atoms with van der Waals surface area (Å²) in [7, 11) is 0. The Kier molecular flexibility index (Phi) is 3.49. The first kappa shape index (κ1) is 13.2. The van der Waals surface area contributed by atoms with Gasteiger partial charge in [-0.3, -0.25) is 0 Å². The Morgan fingerprint density at radius 3 is 2.85 bits per heavy atom. The van der Waals surface area contributed by atoms with Gasteiger partial charge in [0.2, 0.25) is 0 Å². The van der Waals surface area contributed by atoms with Gasteiger partial charge in [-0.25, -0.2) is 0 Å². The molecule has 0 saturated heterocycles. The Hall–Kier alpha value is -1.81. The normalized spacial score (nSPS) is 17.2. The standard InChI is InChI=1S/C15H16ClN3O/c1-9-10(2)15(19-18-14(9)16)17-12-7-8-20-13-6-4-3-5-11(12)13/h3-6,12H,7-8H2,1-2H3,(H,17,19). The predicted molar refractivity (Wildman–Crippen MR) is 79.4 cm³/mol. The molecule has 1 aliphatic rings. The number of ether oxygens (including phenoxy) is 1. The van der Waals surface area contributed by atoms with Crippen LogP contribution < -0.4 is 10.1 Å². The smallest absolute Gasteiger partial charge is 0.155 e. The van der Waals surface area contributed by atoms with Gasteiger partial charge in [-0.15, -0.1) is 10.2 Å². The zero-order valence-electron chi connectivity index (χ0n) is 11.5. The number of hydrogen-bond acceptors (Lipinski definition) is 4. The third-order valence-corrected chi connectivity index (χ3v) is 4.09. The summed E-state index contributed by atoms with van der Waals surface area (Å²) >= 11 is 5.99. The van der Waals surface area contributed by atoms with Crippen LogP contribution in [-0.2, 0) is 0 Å². The van der Waals surface area contributed by atoms with E-state index in [9.17, 15) is 0 Å². The fourth-order valence-electron chi connectivity index (χ4n) is 2.37. The molecule has 0 saturated carbocycles. The molecule has 1 aromatic heterocycles. The molecular weight excluding hydrogens is 274 g/mol. The van der Waals surface area contributed by atoms with Gasteiger partial charge in [0.25, 0.3) is 0 Å². The van der Waals surface area contributed by atoms with E-state index in [0.29, 0.717) is 11.8 Å². The molecule has 4 nitrogen and oxygen atoms in total. The van der Waals surface area contributed by atoms with Crippen molar-refractivity contribution in [1.29, 1.82) is 0 Å². The van der Waals surface area contributed by atoms with E-state index in [4.69, 9.17) is 16.3 Å². The Bertz CT molecular complexity index is 645. The van der Waals surface area contributed by atoms with Crippen LogP contribution in [0.25, 0.3) is 0 Å². The maximum atomic E-state index is 5.99. The molecule has 5 heteroatoms. The molecule has 0 radical (unpaired) electrons. The second kappa shape index (κ2) is 5.29. The highest BCUT2D eigenvalue weighted by atomic mass is 35.5. The van der Waals surface area contributed by atoms with Crippen molar-refractivity contribution in [3.05, 3.63) is 46.1 Å². The summed E-state index contributed by atoms with van der Waals surface area (Å²) in [4.78, 5) is 0. The number of anilines is 1. The van der Waals surface area contributed by atoms with Crippen LogP contribution in [-0.4, -0.2) is 16.8 Å². The minimum absolute atomic E-state index is 0.188. The van der Waals surface area contributed by atoms with Crippen molar-refractivity contribution in [2.75, 3.05) is 11.9 Å². The van der Waals surface area contributed by atoms with Crippen LogP contribution in [0.1, 0.15) is 29.2 Å². The second-order valence-electron chi connectivity index (χ2n) is 4.96. The number of aromatic nitrogens is 2. The number of nitrogens with one attached hydrogen (secondary N) is 1. The fourth-order valence-corrected chi connectivity index (χ4v) is 2.55. The average molecular weight is 290 g/mol. The predicted octanol–water partition coefficient (Wildman–Crippen LogP) is 3.68. The third kappa shape index (κ3) is 2.31. The van der Waals surface area contributed by atoms with Gasteiger partial charge in [0.05, 0.1) is 12.6 Å². The van der Waals surface area contributed by atoms with Gasteiger partial charge in [-0.2, -0.15) is 0 Å². The molecule has 104 valence electrons. The van der Waals surface area contributed by atoms with E-state index >= 15 is 0 Å². The molecule has 1 atom stereocenters. The molecule has 0 spiro atoms. The van der Waals surface area contributed by atoms with Crippen LogP contribution in [0.2, 0.25) is 5.15 Å². The zero-order valence-corrected chi connectivity index (χ0v) is 12.2. The number of fused-ring (bicyclic) bond motifs is 1. The third-order valence-electron chi connectivity index (χ3n) is 3.73. The maximum Gasteiger partial charge on any atom is 0.155 e. The lowest BCUT2D eigenvalue weighted by Crippen LogP contribution is -2.21. The van der Waals surface area contributed by atoms with Gasteiger partial charge in [0.15, 0.2) is 11.0 Å². The Labute approximate surface area is 123 Å². The highest BCUT2D eigenvalue weighted by molar-refractivity contribution is 6.30. The van der Waals surface area contributed by atoms with E-state index in [1.54, 1.807) is 0 Å². The number of rotatable bonds is 2. The summed E-state index contributed by atoms with van der Waals surface area (Å²) in [5.74, 6) is 1.72. The number of nitrogens with zero attached hydrogens (tertiary/aromatic N) is 2. The van der Waals surface area contributed by atoms with Crippen molar-refractivity contribution < 1.29 is 4.74 Å². The van der Waals surface area contributed by atoms with E-state index in [-0.39, 0.29) is 6.04 Å². The first-order valence-corrected chi connectivity index (χ1v) is 7.02. The van der Waals surface area contributed by atoms with Gasteiger partial charge < -0.3 is 10.1 Å². The van der Waals surface area contributed by atoms with Crippen LogP contribution >= 0.6 is 11.6 Å². The van der Waals surface area contributed by atoms with Gasteiger partial charge in [0, 0.05) is 12.0 Å². The number of benzene rings is 1. The number of halogens is 1. The minimum Gasteiger partial charge on any atom is -0.493 e. The molecular formula is C15H16ClN3O. The van der Waals surface area contributed by atoms with Crippen LogP contribution in [0.3, 0.4) is 0 Å². The van der Waals surface area contributed by atoms with Crippen molar-refractivity contribution in [1.82, 2.24) is 10.2 Å². The minimum atomic E-state index is 0.188. The van der Waals surface area contributed by atoms with Crippen LogP contribution in [0.4, 0.5) is 5.82 Å². The molecule has 1 N–H and O–H groups in total. The quantitative estimate of drug-likeness (QED) is 0.916. The average Bonchev–Trinajstić information content (AvgIpc) is 2.48.